The lowest BCUT2D eigenvalue weighted by molar-refractivity contribution is -0.109. The maximum atomic E-state index is 13.1. The molecule has 0 fully saturated rings. The molecule has 0 saturated carbocycles. The minimum Gasteiger partial charge on any atom is -0.497 e. The van der Waals surface area contributed by atoms with Crippen molar-refractivity contribution in [2.75, 3.05) is 21.2 Å². The van der Waals surface area contributed by atoms with Gasteiger partial charge in [0.1, 0.15) is 12.0 Å². The fourth-order valence-corrected chi connectivity index (χ4v) is 3.54. The number of nitrogens with one attached hydrogen (secondary N) is 1. The van der Waals surface area contributed by atoms with Gasteiger partial charge in [-0.1, -0.05) is 72.8 Å². The number of rotatable bonds is 10. The Morgan fingerprint density at radius 3 is 2.33 bits per heavy atom. The fraction of sp³-hybridized carbons (Fsp3) is 0.214. The summed E-state index contributed by atoms with van der Waals surface area (Å²) in [6.07, 6.45) is 5.09. The van der Waals surface area contributed by atoms with Crippen LogP contribution in [0.5, 0.6) is 5.75 Å². The molecule has 3 rings (SSSR count). The Labute approximate surface area is 195 Å². The molecule has 33 heavy (non-hydrogen) atoms. The molecule has 3 aromatic carbocycles. The van der Waals surface area contributed by atoms with Crippen LogP contribution in [0.15, 0.2) is 72.8 Å². The first-order chi connectivity index (χ1) is 16.0. The molecule has 0 saturated heterocycles. The smallest absolute Gasteiger partial charge is 0.252 e. The third kappa shape index (κ3) is 7.16. The first kappa shape index (κ1) is 24.0. The Hall–Kier alpha value is -3.70. The highest BCUT2D eigenvalue weighted by Crippen LogP contribution is 2.21. The summed E-state index contributed by atoms with van der Waals surface area (Å²) in [7, 11) is 5.64. The molecule has 0 radical (unpaired) electrons. The van der Waals surface area contributed by atoms with Gasteiger partial charge in [0.15, 0.2) is 0 Å². The molecule has 0 bridgehead atoms. The van der Waals surface area contributed by atoms with E-state index in [2.05, 4.69) is 34.5 Å². The molecule has 0 aliphatic heterocycles. The van der Waals surface area contributed by atoms with Crippen LogP contribution in [-0.2, 0) is 17.8 Å². The average Bonchev–Trinajstić information content (AvgIpc) is 2.83. The summed E-state index contributed by atoms with van der Waals surface area (Å²) in [5, 5.41) is 2.85. The van der Waals surface area contributed by atoms with Crippen LogP contribution in [-0.4, -0.2) is 44.3 Å². The third-order valence-corrected chi connectivity index (χ3v) is 5.22. The Morgan fingerprint density at radius 2 is 1.70 bits per heavy atom. The van der Waals surface area contributed by atoms with Crippen LogP contribution in [0.3, 0.4) is 0 Å². The van der Waals surface area contributed by atoms with Crippen molar-refractivity contribution in [2.24, 2.45) is 0 Å². The SMILES string of the molecule is COc1ccc(C=Cc2ccc(CN(C)C)cc2)c(C(=O)NC(C=O)Cc2ccccc2)c1. The largest absolute Gasteiger partial charge is 0.497 e. The minimum absolute atomic E-state index is 0.317. The summed E-state index contributed by atoms with van der Waals surface area (Å²) in [6, 6.07) is 22.7. The van der Waals surface area contributed by atoms with Gasteiger partial charge in [0.05, 0.1) is 18.7 Å². The van der Waals surface area contributed by atoms with E-state index in [0.717, 1.165) is 29.5 Å². The van der Waals surface area contributed by atoms with Gasteiger partial charge >= 0.3 is 0 Å². The molecule has 1 atom stereocenters. The topological polar surface area (TPSA) is 58.6 Å². The number of amides is 1. The number of methoxy groups -OCH3 is 1. The van der Waals surface area contributed by atoms with Crippen molar-refractivity contribution >= 4 is 24.3 Å². The molecule has 170 valence electrons. The predicted molar refractivity (Wildman–Crippen MR) is 133 cm³/mol. The summed E-state index contributed by atoms with van der Waals surface area (Å²) >= 11 is 0. The van der Waals surface area contributed by atoms with Crippen molar-refractivity contribution in [2.45, 2.75) is 19.0 Å². The van der Waals surface area contributed by atoms with Gasteiger partial charge in [0, 0.05) is 6.54 Å². The van der Waals surface area contributed by atoms with Crippen molar-refractivity contribution in [1.29, 1.82) is 0 Å². The van der Waals surface area contributed by atoms with Crippen molar-refractivity contribution in [1.82, 2.24) is 10.2 Å². The van der Waals surface area contributed by atoms with E-state index in [1.54, 1.807) is 13.2 Å². The number of ether oxygens (including phenoxy) is 1. The normalized spacial score (nSPS) is 12.0. The molecule has 0 aliphatic rings. The molecular formula is C28H30N2O3. The summed E-state index contributed by atoms with van der Waals surface area (Å²) < 4.78 is 5.32. The molecule has 0 aliphatic carbocycles. The molecule has 0 aromatic heterocycles. The maximum Gasteiger partial charge on any atom is 0.252 e. The highest BCUT2D eigenvalue weighted by molar-refractivity contribution is 6.00. The monoisotopic (exact) mass is 442 g/mol. The lowest BCUT2D eigenvalue weighted by atomic mass is 10.0. The van der Waals surface area contributed by atoms with Gasteiger partial charge in [0.25, 0.3) is 5.91 Å². The molecule has 1 N–H and O–H groups in total. The van der Waals surface area contributed by atoms with Crippen LogP contribution >= 0.6 is 0 Å². The average molecular weight is 443 g/mol. The molecule has 3 aromatic rings. The quantitative estimate of drug-likeness (QED) is 0.372. The van der Waals surface area contributed by atoms with Crippen LogP contribution in [0.2, 0.25) is 0 Å². The van der Waals surface area contributed by atoms with E-state index in [0.29, 0.717) is 17.7 Å². The highest BCUT2D eigenvalue weighted by atomic mass is 16.5. The van der Waals surface area contributed by atoms with Crippen molar-refractivity contribution < 1.29 is 14.3 Å². The molecule has 1 unspecified atom stereocenters. The maximum absolute atomic E-state index is 13.1. The van der Waals surface area contributed by atoms with E-state index in [9.17, 15) is 9.59 Å². The van der Waals surface area contributed by atoms with Crippen LogP contribution in [0.4, 0.5) is 0 Å². The standard InChI is InChI=1S/C28H30N2O3/c1-30(2)19-23-11-9-21(10-12-23)13-14-24-15-16-26(33-3)18-27(24)28(32)29-25(20-31)17-22-7-5-4-6-8-22/h4-16,18,20,25H,17,19H2,1-3H3,(H,29,32). The second-order valence-corrected chi connectivity index (χ2v) is 8.17. The van der Waals surface area contributed by atoms with Crippen molar-refractivity contribution in [3.05, 3.63) is 101 Å². The zero-order valence-electron chi connectivity index (χ0n) is 19.3. The lowest BCUT2D eigenvalue weighted by Crippen LogP contribution is -2.37. The Bertz CT molecular complexity index is 1090. The van der Waals surface area contributed by atoms with Gasteiger partial charge in [-0.15, -0.1) is 0 Å². The van der Waals surface area contributed by atoms with Crippen LogP contribution < -0.4 is 10.1 Å². The summed E-state index contributed by atoms with van der Waals surface area (Å²) in [5.41, 5.74) is 4.46. The Balaban J connectivity index is 1.78. The van der Waals surface area contributed by atoms with E-state index >= 15 is 0 Å². The summed E-state index contributed by atoms with van der Waals surface area (Å²) in [5.74, 6) is 0.263. The number of nitrogens with zero attached hydrogens (tertiary/aromatic N) is 1. The predicted octanol–water partition coefficient (Wildman–Crippen LogP) is 4.47. The minimum atomic E-state index is -0.618. The Kier molecular flexibility index (Phi) is 8.56. The van der Waals surface area contributed by atoms with E-state index in [-0.39, 0.29) is 5.91 Å². The zero-order chi connectivity index (χ0) is 23.6. The molecule has 0 heterocycles. The molecule has 0 spiro atoms. The summed E-state index contributed by atoms with van der Waals surface area (Å²) in [6.45, 7) is 0.883. The second kappa shape index (κ2) is 11.8. The van der Waals surface area contributed by atoms with E-state index in [1.165, 1.54) is 5.56 Å². The molecule has 1 amide bonds. The van der Waals surface area contributed by atoms with Crippen LogP contribution in [0.1, 0.15) is 32.6 Å². The van der Waals surface area contributed by atoms with E-state index in [1.807, 2.05) is 68.7 Å². The number of hydrogen-bond acceptors (Lipinski definition) is 4. The van der Waals surface area contributed by atoms with Crippen LogP contribution in [0, 0.1) is 0 Å². The highest BCUT2D eigenvalue weighted by Gasteiger charge is 2.17. The number of carbonyl (C=O) groups is 2. The van der Waals surface area contributed by atoms with Gasteiger partial charge in [-0.25, -0.2) is 0 Å². The van der Waals surface area contributed by atoms with Gasteiger partial charge in [-0.3, -0.25) is 4.79 Å². The lowest BCUT2D eigenvalue weighted by Gasteiger charge is -2.15. The third-order valence-electron chi connectivity index (χ3n) is 5.22. The number of benzene rings is 3. The number of carbonyl (C=O) groups excluding carboxylic acids is 2. The number of aldehydes is 1. The molecular weight excluding hydrogens is 412 g/mol. The molecule has 5 nitrogen and oxygen atoms in total. The van der Waals surface area contributed by atoms with Gasteiger partial charge in [-0.05, 0) is 54.9 Å². The second-order valence-electron chi connectivity index (χ2n) is 8.17. The van der Waals surface area contributed by atoms with Crippen molar-refractivity contribution in [3.8, 4) is 5.75 Å². The van der Waals surface area contributed by atoms with Gasteiger partial charge < -0.3 is 19.7 Å². The van der Waals surface area contributed by atoms with Crippen LogP contribution in [0.25, 0.3) is 12.2 Å². The van der Waals surface area contributed by atoms with Crippen molar-refractivity contribution in [3.63, 3.8) is 0 Å². The molecule has 5 heteroatoms. The number of hydrogen-bond donors (Lipinski definition) is 1. The summed E-state index contributed by atoms with van der Waals surface area (Å²) in [4.78, 5) is 26.8. The van der Waals surface area contributed by atoms with E-state index < -0.39 is 6.04 Å². The van der Waals surface area contributed by atoms with Gasteiger partial charge in [-0.2, -0.15) is 0 Å². The first-order valence-corrected chi connectivity index (χ1v) is 10.9. The van der Waals surface area contributed by atoms with Gasteiger partial charge in [0.2, 0.25) is 0 Å². The first-order valence-electron chi connectivity index (χ1n) is 10.9. The van der Waals surface area contributed by atoms with E-state index in [4.69, 9.17) is 4.74 Å². The fourth-order valence-electron chi connectivity index (χ4n) is 3.54. The Morgan fingerprint density at radius 1 is 0.970 bits per heavy atom. The zero-order valence-corrected chi connectivity index (χ0v) is 19.3.